The normalized spacial score (nSPS) is 23.2. The van der Waals surface area contributed by atoms with Crippen LogP contribution in [0, 0.1) is 17.8 Å². The third kappa shape index (κ3) is 3.73. The molecule has 8 rings (SSSR count). The summed E-state index contributed by atoms with van der Waals surface area (Å²) in [5.74, 6) is 2.70. The first-order chi connectivity index (χ1) is 19.0. The maximum absolute atomic E-state index is 14.1. The Labute approximate surface area is 231 Å². The summed E-state index contributed by atoms with van der Waals surface area (Å²) in [6.45, 7) is 1.16. The molecule has 3 aromatic carbocycles. The fourth-order valence-corrected chi connectivity index (χ4v) is 8.22. The zero-order chi connectivity index (χ0) is 26.2. The van der Waals surface area contributed by atoms with Crippen molar-refractivity contribution in [1.82, 2.24) is 9.88 Å². The molecule has 2 aromatic heterocycles. The van der Waals surface area contributed by atoms with Gasteiger partial charge in [-0.25, -0.2) is 0 Å². The monoisotopic (exact) mass is 534 g/mol. The molecule has 2 aliphatic carbocycles. The van der Waals surface area contributed by atoms with E-state index in [4.69, 9.17) is 9.47 Å². The van der Waals surface area contributed by atoms with Gasteiger partial charge in [0.2, 0.25) is 6.79 Å². The number of nitrogens with one attached hydrogen (secondary N) is 1. The largest absolute Gasteiger partial charge is 0.454 e. The Bertz CT molecular complexity index is 1770. The van der Waals surface area contributed by atoms with E-state index in [9.17, 15) is 4.79 Å². The molecule has 0 saturated heterocycles. The number of H-pyrrole nitrogens is 1. The third-order valence-corrected chi connectivity index (χ3v) is 10.0. The zero-order valence-corrected chi connectivity index (χ0v) is 22.9. The first-order valence-electron chi connectivity index (χ1n) is 13.8. The van der Waals surface area contributed by atoms with Crippen molar-refractivity contribution in [2.24, 2.45) is 17.8 Å². The number of aryl methyl sites for hydroxylation is 1. The van der Waals surface area contributed by atoms with E-state index in [0.29, 0.717) is 11.7 Å². The van der Waals surface area contributed by atoms with Gasteiger partial charge in [0.25, 0.3) is 0 Å². The molecular formula is C33H30N2O3S. The number of hydrogen-bond donors (Lipinski definition) is 1. The summed E-state index contributed by atoms with van der Waals surface area (Å²) in [6, 6.07) is 23.6. The molecule has 1 aliphatic heterocycles. The number of Topliss-reactive ketones (excluding diaryl/α,β-unsaturated/α-hetero) is 1. The predicted octanol–water partition coefficient (Wildman–Crippen LogP) is 7.00. The van der Waals surface area contributed by atoms with E-state index in [1.807, 2.05) is 6.07 Å². The molecule has 4 unspecified atom stereocenters. The Morgan fingerprint density at radius 2 is 1.90 bits per heavy atom. The van der Waals surface area contributed by atoms with E-state index >= 15 is 0 Å². The number of nitrogens with zero attached hydrogens (tertiary/aromatic N) is 1. The van der Waals surface area contributed by atoms with Crippen molar-refractivity contribution >= 4 is 38.1 Å². The average Bonchev–Trinajstić information content (AvgIpc) is 3.23. The van der Waals surface area contributed by atoms with Crippen molar-refractivity contribution in [3.05, 3.63) is 94.0 Å². The van der Waals surface area contributed by atoms with Crippen molar-refractivity contribution in [2.45, 2.75) is 25.3 Å². The van der Waals surface area contributed by atoms with Gasteiger partial charge in [-0.05, 0) is 97.2 Å². The highest BCUT2D eigenvalue weighted by Gasteiger charge is 2.60. The van der Waals surface area contributed by atoms with Gasteiger partial charge in [0.15, 0.2) is 17.3 Å². The molecule has 3 heterocycles. The lowest BCUT2D eigenvalue weighted by atomic mass is 9.87. The zero-order valence-electron chi connectivity index (χ0n) is 22.1. The number of aromatic amines is 1. The Morgan fingerprint density at radius 1 is 1.03 bits per heavy atom. The molecule has 5 nitrogen and oxygen atoms in total. The molecule has 0 spiro atoms. The second-order valence-electron chi connectivity index (χ2n) is 11.5. The molecule has 3 aliphatic rings. The fraction of sp³-hybridized carbons (Fsp3) is 0.303. The van der Waals surface area contributed by atoms with Crippen molar-refractivity contribution in [2.75, 3.05) is 20.9 Å². The fourth-order valence-electron chi connectivity index (χ4n) is 7.19. The van der Waals surface area contributed by atoms with Crippen LogP contribution in [0.15, 0.2) is 66.7 Å². The van der Waals surface area contributed by atoms with Crippen LogP contribution in [-0.4, -0.2) is 36.6 Å². The summed E-state index contributed by atoms with van der Waals surface area (Å²) >= 11 is 1.65. The van der Waals surface area contributed by atoms with Gasteiger partial charge in [-0.15, -0.1) is 11.3 Å². The molecule has 0 bridgehead atoms. The maximum atomic E-state index is 14.1. The molecule has 0 radical (unpaired) electrons. The van der Waals surface area contributed by atoms with Crippen molar-refractivity contribution in [3.63, 3.8) is 0 Å². The number of ketones is 1. The second-order valence-corrected chi connectivity index (χ2v) is 12.6. The topological polar surface area (TPSA) is 54.6 Å². The van der Waals surface area contributed by atoms with Crippen LogP contribution in [0.3, 0.4) is 0 Å². The standard InChI is InChI=1S/C33H30N2O3S/c1-35(2)16-18-7-12-27-20(13-18)15-28(39-27)33(36)31-23-10-9-22-21-5-3-4-6-24(21)34-32(22)29(30(23)31)19-8-11-25-26(14-19)38-17-37-25/h3-8,11-15,23,29-31,34H,9-10,16-17H2,1-2H3. The third-order valence-electron chi connectivity index (χ3n) is 8.88. The molecule has 0 amide bonds. The summed E-state index contributed by atoms with van der Waals surface area (Å²) < 4.78 is 12.6. The van der Waals surface area contributed by atoms with Gasteiger partial charge in [0.05, 0.1) is 4.88 Å². The lowest BCUT2D eigenvalue weighted by molar-refractivity contribution is 0.0958. The van der Waals surface area contributed by atoms with Crippen LogP contribution in [-0.2, 0) is 13.0 Å². The van der Waals surface area contributed by atoms with Crippen LogP contribution in [0.5, 0.6) is 11.5 Å². The highest BCUT2D eigenvalue weighted by atomic mass is 32.1. The smallest absolute Gasteiger partial charge is 0.231 e. The molecule has 1 fully saturated rings. The summed E-state index contributed by atoms with van der Waals surface area (Å²) in [7, 11) is 4.17. The van der Waals surface area contributed by atoms with E-state index in [1.54, 1.807) is 11.3 Å². The van der Waals surface area contributed by atoms with Gasteiger partial charge in [-0.2, -0.15) is 0 Å². The first kappa shape index (κ1) is 23.3. The Morgan fingerprint density at radius 3 is 2.79 bits per heavy atom. The molecule has 4 atom stereocenters. The Balaban J connectivity index is 1.19. The molecule has 5 aromatic rings. The van der Waals surface area contributed by atoms with Crippen LogP contribution in [0.4, 0.5) is 0 Å². The lowest BCUT2D eigenvalue weighted by Crippen LogP contribution is -2.11. The maximum Gasteiger partial charge on any atom is 0.231 e. The molecule has 196 valence electrons. The average molecular weight is 535 g/mol. The highest BCUT2D eigenvalue weighted by molar-refractivity contribution is 7.20. The van der Waals surface area contributed by atoms with Crippen LogP contribution in [0.2, 0.25) is 0 Å². The number of rotatable bonds is 5. The van der Waals surface area contributed by atoms with Gasteiger partial charge in [0, 0.05) is 39.7 Å². The van der Waals surface area contributed by atoms with E-state index in [2.05, 4.69) is 84.6 Å². The van der Waals surface area contributed by atoms with Crippen LogP contribution < -0.4 is 9.47 Å². The Kier molecular flexibility index (Phi) is 5.20. The number of carbonyl (C=O) groups excluding carboxylic acids is 1. The molecule has 39 heavy (non-hydrogen) atoms. The van der Waals surface area contributed by atoms with E-state index in [0.717, 1.165) is 35.8 Å². The highest BCUT2D eigenvalue weighted by Crippen LogP contribution is 2.62. The van der Waals surface area contributed by atoms with Gasteiger partial charge in [0.1, 0.15) is 0 Å². The second kappa shape index (κ2) is 8.70. The van der Waals surface area contributed by atoms with Crippen LogP contribution >= 0.6 is 11.3 Å². The first-order valence-corrected chi connectivity index (χ1v) is 14.6. The van der Waals surface area contributed by atoms with E-state index in [1.165, 1.54) is 43.4 Å². The van der Waals surface area contributed by atoms with E-state index in [-0.39, 0.29) is 24.5 Å². The van der Waals surface area contributed by atoms with Crippen molar-refractivity contribution < 1.29 is 14.3 Å². The minimum Gasteiger partial charge on any atom is -0.454 e. The van der Waals surface area contributed by atoms with Gasteiger partial charge in [-0.3, -0.25) is 4.79 Å². The molecule has 1 N–H and O–H groups in total. The van der Waals surface area contributed by atoms with Crippen LogP contribution in [0.1, 0.15) is 44.4 Å². The van der Waals surface area contributed by atoms with Crippen molar-refractivity contribution in [1.29, 1.82) is 0 Å². The van der Waals surface area contributed by atoms with Gasteiger partial charge >= 0.3 is 0 Å². The van der Waals surface area contributed by atoms with Gasteiger partial charge in [-0.1, -0.05) is 30.3 Å². The van der Waals surface area contributed by atoms with Crippen molar-refractivity contribution in [3.8, 4) is 11.5 Å². The number of hydrogen-bond acceptors (Lipinski definition) is 5. The van der Waals surface area contributed by atoms with Gasteiger partial charge < -0.3 is 19.4 Å². The number of fused-ring (bicyclic) bond motifs is 6. The Hall–Kier alpha value is -3.61. The number of benzene rings is 3. The number of para-hydroxylation sites is 1. The lowest BCUT2D eigenvalue weighted by Gasteiger charge is -2.18. The predicted molar refractivity (Wildman–Crippen MR) is 155 cm³/mol. The number of carbonyl (C=O) groups is 1. The number of ether oxygens (including phenoxy) is 2. The number of aromatic nitrogens is 1. The SMILES string of the molecule is CN(C)Cc1ccc2sc(C(=O)C3C4CCc5c([nH]c6ccccc56)C(c5ccc6c(c5)OCO6)C43)cc2c1. The quantitative estimate of drug-likeness (QED) is 0.247. The minimum absolute atomic E-state index is 0.0364. The van der Waals surface area contributed by atoms with Crippen LogP contribution in [0.25, 0.3) is 21.0 Å². The molecule has 6 heteroatoms. The summed E-state index contributed by atoms with van der Waals surface area (Å²) in [5, 5.41) is 2.48. The summed E-state index contributed by atoms with van der Waals surface area (Å²) in [6.07, 6.45) is 2.03. The number of thiophene rings is 1. The van der Waals surface area contributed by atoms with E-state index < -0.39 is 0 Å². The molecule has 1 saturated carbocycles. The summed E-state index contributed by atoms with van der Waals surface area (Å²) in [4.78, 5) is 21.0. The minimum atomic E-state index is 0.0364. The molecular weight excluding hydrogens is 504 g/mol. The summed E-state index contributed by atoms with van der Waals surface area (Å²) in [5.41, 5.74) is 6.32.